The van der Waals surface area contributed by atoms with E-state index in [0.717, 1.165) is 24.4 Å². The molecule has 0 N–H and O–H groups in total. The third-order valence-corrected chi connectivity index (χ3v) is 5.68. The fraction of sp³-hybridized carbons (Fsp3) is 0.421. The van der Waals surface area contributed by atoms with Crippen molar-refractivity contribution < 1.29 is 32.0 Å². The van der Waals surface area contributed by atoms with Gasteiger partial charge in [0.05, 0.1) is 29.1 Å². The molecule has 0 saturated carbocycles. The van der Waals surface area contributed by atoms with Crippen molar-refractivity contribution >= 4 is 32.6 Å². The van der Waals surface area contributed by atoms with Crippen LogP contribution < -0.4 is 9.64 Å². The van der Waals surface area contributed by atoms with Gasteiger partial charge in [-0.15, -0.1) is 13.2 Å². The van der Waals surface area contributed by atoms with Gasteiger partial charge >= 0.3 is 6.36 Å². The molecule has 12 heteroatoms. The van der Waals surface area contributed by atoms with Gasteiger partial charge in [0.15, 0.2) is 5.13 Å². The number of aryl methyl sites for hydroxylation is 1. The van der Waals surface area contributed by atoms with Crippen LogP contribution >= 0.6 is 11.3 Å². The van der Waals surface area contributed by atoms with Crippen molar-refractivity contribution in [2.24, 2.45) is 0 Å². The number of alkyl halides is 3. The van der Waals surface area contributed by atoms with E-state index in [1.165, 1.54) is 29.2 Å². The topological polar surface area (TPSA) is 80.9 Å². The number of rotatable bonds is 6. The van der Waals surface area contributed by atoms with Crippen LogP contribution in [0.4, 0.5) is 18.3 Å². The highest BCUT2D eigenvalue weighted by atomic mass is 32.1. The zero-order valence-electron chi connectivity index (χ0n) is 16.5. The Hall–Kier alpha value is -2.70. The van der Waals surface area contributed by atoms with Crippen molar-refractivity contribution in [1.29, 1.82) is 0 Å². The van der Waals surface area contributed by atoms with Crippen molar-refractivity contribution in [2.75, 3.05) is 44.3 Å². The zero-order valence-corrected chi connectivity index (χ0v) is 17.3. The van der Waals surface area contributed by atoms with Crippen LogP contribution in [0, 0.1) is 6.92 Å². The molecule has 0 unspecified atom stereocenters. The molecule has 0 spiro atoms. The van der Waals surface area contributed by atoms with E-state index >= 15 is 0 Å². The standard InChI is InChI=1S/C19H19F3N4O4S/c1-12-10-15(30-24-12)17(27)26(5-4-25-6-8-28-9-7-25)18-23-14-3-2-13(11-16(14)31-18)29-19(20,21)22/h2-3,10-11H,4-9H2,1H3. The van der Waals surface area contributed by atoms with Crippen molar-refractivity contribution in [3.05, 3.63) is 35.7 Å². The highest BCUT2D eigenvalue weighted by Gasteiger charge is 2.31. The first-order valence-corrected chi connectivity index (χ1v) is 10.3. The summed E-state index contributed by atoms with van der Waals surface area (Å²) in [7, 11) is 0. The lowest BCUT2D eigenvalue weighted by Gasteiger charge is -2.28. The number of fused-ring (bicyclic) bond motifs is 1. The van der Waals surface area contributed by atoms with Crippen LogP contribution in [0.3, 0.4) is 0 Å². The van der Waals surface area contributed by atoms with E-state index in [4.69, 9.17) is 9.26 Å². The van der Waals surface area contributed by atoms with Crippen LogP contribution in [0.1, 0.15) is 16.2 Å². The lowest BCUT2D eigenvalue weighted by Crippen LogP contribution is -2.43. The average molecular weight is 456 g/mol. The number of ether oxygens (including phenoxy) is 2. The monoisotopic (exact) mass is 456 g/mol. The summed E-state index contributed by atoms with van der Waals surface area (Å²) in [5, 5.41) is 4.12. The van der Waals surface area contributed by atoms with Crippen LogP contribution in [0.2, 0.25) is 0 Å². The number of anilines is 1. The lowest BCUT2D eigenvalue weighted by molar-refractivity contribution is -0.274. The summed E-state index contributed by atoms with van der Waals surface area (Å²) < 4.78 is 52.5. The molecule has 0 atom stereocenters. The highest BCUT2D eigenvalue weighted by molar-refractivity contribution is 7.22. The number of morpholine rings is 1. The number of carbonyl (C=O) groups excluding carboxylic acids is 1. The first kappa shape index (κ1) is 21.5. The Bertz CT molecular complexity index is 1060. The molecule has 3 heterocycles. The number of carbonyl (C=O) groups is 1. The zero-order chi connectivity index (χ0) is 22.0. The minimum atomic E-state index is -4.79. The van der Waals surface area contributed by atoms with Crippen LogP contribution in [0.25, 0.3) is 10.2 Å². The van der Waals surface area contributed by atoms with E-state index in [0.29, 0.717) is 47.3 Å². The third-order valence-electron chi connectivity index (χ3n) is 4.64. The maximum atomic E-state index is 13.1. The lowest BCUT2D eigenvalue weighted by atomic mass is 10.3. The van der Waals surface area contributed by atoms with Crippen molar-refractivity contribution in [3.8, 4) is 5.75 Å². The fourth-order valence-corrected chi connectivity index (χ4v) is 4.17. The molecule has 1 aliphatic heterocycles. The quantitative estimate of drug-likeness (QED) is 0.562. The molecule has 1 aromatic carbocycles. The molecule has 8 nitrogen and oxygen atoms in total. The Labute approximate surface area is 179 Å². The van der Waals surface area contributed by atoms with Crippen LogP contribution in [-0.2, 0) is 4.74 Å². The largest absolute Gasteiger partial charge is 0.573 e. The van der Waals surface area contributed by atoms with Gasteiger partial charge in [0.25, 0.3) is 5.91 Å². The summed E-state index contributed by atoms with van der Waals surface area (Å²) in [5.41, 5.74) is 1.03. The van der Waals surface area contributed by atoms with Gasteiger partial charge in [0, 0.05) is 38.3 Å². The summed E-state index contributed by atoms with van der Waals surface area (Å²) in [4.78, 5) is 21.2. The van der Waals surface area contributed by atoms with E-state index in [-0.39, 0.29) is 11.5 Å². The first-order chi connectivity index (χ1) is 14.8. The number of thiazole rings is 1. The second kappa shape index (κ2) is 8.81. The number of benzene rings is 1. The minimum Gasteiger partial charge on any atom is -0.406 e. The third kappa shape index (κ3) is 5.32. The summed E-state index contributed by atoms with van der Waals surface area (Å²) in [6.07, 6.45) is -4.79. The maximum Gasteiger partial charge on any atom is 0.573 e. The number of halogens is 3. The second-order valence-electron chi connectivity index (χ2n) is 6.92. The van der Waals surface area contributed by atoms with Crippen LogP contribution in [0.5, 0.6) is 5.75 Å². The summed E-state index contributed by atoms with van der Waals surface area (Å²) in [5.74, 6) is -0.688. The normalized spacial score (nSPS) is 15.4. The predicted octanol–water partition coefficient (Wildman–Crippen LogP) is 3.47. The Morgan fingerprint density at radius 3 is 2.74 bits per heavy atom. The average Bonchev–Trinajstić information content (AvgIpc) is 3.33. The van der Waals surface area contributed by atoms with Crippen LogP contribution in [-0.4, -0.2) is 66.7 Å². The molecule has 166 valence electrons. The number of nitrogens with zero attached hydrogens (tertiary/aromatic N) is 4. The molecule has 0 radical (unpaired) electrons. The van der Waals surface area contributed by atoms with E-state index in [1.807, 2.05) is 0 Å². The molecular weight excluding hydrogens is 437 g/mol. The molecule has 1 fully saturated rings. The number of hydrogen-bond acceptors (Lipinski definition) is 8. The van der Waals surface area contributed by atoms with Crippen molar-refractivity contribution in [1.82, 2.24) is 15.0 Å². The van der Waals surface area contributed by atoms with E-state index in [2.05, 4.69) is 19.8 Å². The smallest absolute Gasteiger partial charge is 0.406 e. The summed E-state index contributed by atoms with van der Waals surface area (Å²) >= 11 is 1.10. The molecule has 1 saturated heterocycles. The fourth-order valence-electron chi connectivity index (χ4n) is 3.15. The van der Waals surface area contributed by atoms with Gasteiger partial charge in [0.1, 0.15) is 5.75 Å². The highest BCUT2D eigenvalue weighted by Crippen LogP contribution is 2.33. The predicted molar refractivity (Wildman–Crippen MR) is 106 cm³/mol. The molecule has 31 heavy (non-hydrogen) atoms. The van der Waals surface area contributed by atoms with E-state index < -0.39 is 12.3 Å². The Balaban J connectivity index is 1.61. The maximum absolute atomic E-state index is 13.1. The molecule has 4 rings (SSSR count). The van der Waals surface area contributed by atoms with Crippen LogP contribution in [0.15, 0.2) is 28.8 Å². The van der Waals surface area contributed by atoms with Gasteiger partial charge in [-0.2, -0.15) is 0 Å². The Morgan fingerprint density at radius 1 is 1.29 bits per heavy atom. The Morgan fingerprint density at radius 2 is 2.06 bits per heavy atom. The number of aromatic nitrogens is 2. The Kier molecular flexibility index (Phi) is 6.12. The van der Waals surface area contributed by atoms with Gasteiger partial charge in [-0.05, 0) is 19.1 Å². The molecule has 1 amide bonds. The van der Waals surface area contributed by atoms with Gasteiger partial charge < -0.3 is 14.0 Å². The molecule has 2 aromatic heterocycles. The van der Waals surface area contributed by atoms with E-state index in [1.54, 1.807) is 6.92 Å². The van der Waals surface area contributed by atoms with Crippen molar-refractivity contribution in [3.63, 3.8) is 0 Å². The van der Waals surface area contributed by atoms with Gasteiger partial charge in [-0.3, -0.25) is 14.6 Å². The molecule has 0 bridgehead atoms. The molecule has 3 aromatic rings. The second-order valence-corrected chi connectivity index (χ2v) is 7.93. The van der Waals surface area contributed by atoms with E-state index in [9.17, 15) is 18.0 Å². The minimum absolute atomic E-state index is 0.0693. The van der Waals surface area contributed by atoms with Gasteiger partial charge in [-0.1, -0.05) is 16.5 Å². The SMILES string of the molecule is Cc1cc(C(=O)N(CCN2CCOCC2)c2nc3ccc(OC(F)(F)F)cc3s2)on1. The summed E-state index contributed by atoms with van der Waals surface area (Å²) in [6.45, 7) is 5.36. The first-order valence-electron chi connectivity index (χ1n) is 9.50. The number of amides is 1. The number of hydrogen-bond donors (Lipinski definition) is 0. The summed E-state index contributed by atoms with van der Waals surface area (Å²) in [6, 6.07) is 5.42. The molecular formula is C19H19F3N4O4S. The van der Waals surface area contributed by atoms with Gasteiger partial charge in [-0.25, -0.2) is 4.98 Å². The van der Waals surface area contributed by atoms with Crippen molar-refractivity contribution in [2.45, 2.75) is 13.3 Å². The molecule has 0 aliphatic carbocycles. The van der Waals surface area contributed by atoms with Gasteiger partial charge in [0.2, 0.25) is 5.76 Å². The molecule has 1 aliphatic rings.